The summed E-state index contributed by atoms with van der Waals surface area (Å²) >= 11 is 0. The van der Waals surface area contributed by atoms with Crippen LogP contribution >= 0.6 is 0 Å². The minimum Gasteiger partial charge on any atom is -0.465 e. The molecular formula is C32H39FN8O4. The summed E-state index contributed by atoms with van der Waals surface area (Å²) in [5.74, 6) is -0.160. The lowest BCUT2D eigenvalue weighted by Crippen LogP contribution is -2.51. The van der Waals surface area contributed by atoms with E-state index in [0.29, 0.717) is 60.8 Å². The second kappa shape index (κ2) is 11.8. The summed E-state index contributed by atoms with van der Waals surface area (Å²) in [4.78, 5) is 30.9. The number of ether oxygens (including phenoxy) is 1. The van der Waals surface area contributed by atoms with Gasteiger partial charge in [0.2, 0.25) is 0 Å². The lowest BCUT2D eigenvalue weighted by Gasteiger charge is -2.44. The topological polar surface area (TPSA) is 139 Å². The Hall–Kier alpha value is -4.52. The van der Waals surface area contributed by atoms with Crippen molar-refractivity contribution in [3.05, 3.63) is 53.9 Å². The number of carbonyl (C=O) groups is 2. The maximum absolute atomic E-state index is 15.5. The van der Waals surface area contributed by atoms with Gasteiger partial charge in [-0.1, -0.05) is 20.8 Å². The number of hydrogen-bond donors (Lipinski definition) is 3. The van der Waals surface area contributed by atoms with E-state index in [1.54, 1.807) is 28.7 Å². The number of rotatable bonds is 6. The SMILES string of the molecule is CNC(=O)c1cc(C)c(F)c(-c2cnn3cc(-c4cnn(C5CCN(C(=O)O)C(C(C)(C)C)C5)c4)c(NC4CCOC4)nc23)c1. The highest BCUT2D eigenvalue weighted by molar-refractivity contribution is 5.96. The van der Waals surface area contributed by atoms with Crippen LogP contribution in [0.2, 0.25) is 0 Å². The Morgan fingerprint density at radius 2 is 1.89 bits per heavy atom. The average molecular weight is 619 g/mol. The first kappa shape index (κ1) is 30.5. The summed E-state index contributed by atoms with van der Waals surface area (Å²) < 4.78 is 24.6. The largest absolute Gasteiger partial charge is 0.465 e. The van der Waals surface area contributed by atoms with Crippen LogP contribution in [0.4, 0.5) is 15.0 Å². The average Bonchev–Trinajstić information content (AvgIpc) is 3.79. The molecular weight excluding hydrogens is 579 g/mol. The summed E-state index contributed by atoms with van der Waals surface area (Å²) in [7, 11) is 1.54. The first-order valence-electron chi connectivity index (χ1n) is 15.2. The zero-order chi connectivity index (χ0) is 32.0. The number of anilines is 1. The van der Waals surface area contributed by atoms with Crippen molar-refractivity contribution in [1.82, 2.24) is 34.6 Å². The van der Waals surface area contributed by atoms with Crippen LogP contribution in [0.15, 0.2) is 36.9 Å². The highest BCUT2D eigenvalue weighted by Crippen LogP contribution is 2.38. The first-order chi connectivity index (χ1) is 21.4. The lowest BCUT2D eigenvalue weighted by atomic mass is 9.79. The molecule has 6 rings (SSSR count). The van der Waals surface area contributed by atoms with Gasteiger partial charge in [-0.3, -0.25) is 9.48 Å². The number of piperidine rings is 1. The predicted molar refractivity (Wildman–Crippen MR) is 167 cm³/mol. The molecule has 3 unspecified atom stereocenters. The zero-order valence-electron chi connectivity index (χ0n) is 26.2. The highest BCUT2D eigenvalue weighted by Gasteiger charge is 2.39. The number of hydrogen-bond acceptors (Lipinski definition) is 7. The number of amides is 2. The van der Waals surface area contributed by atoms with Gasteiger partial charge in [0, 0.05) is 66.5 Å². The van der Waals surface area contributed by atoms with Crippen molar-refractivity contribution in [2.75, 3.05) is 32.1 Å². The molecule has 3 N–H and O–H groups in total. The van der Waals surface area contributed by atoms with E-state index in [4.69, 9.17) is 14.8 Å². The molecule has 5 heterocycles. The molecule has 13 heteroatoms. The molecule has 2 aliphatic heterocycles. The van der Waals surface area contributed by atoms with Crippen LogP contribution in [0.5, 0.6) is 0 Å². The summed E-state index contributed by atoms with van der Waals surface area (Å²) in [6.45, 7) is 9.44. The quantitative estimate of drug-likeness (QED) is 0.275. The van der Waals surface area contributed by atoms with Crippen molar-refractivity contribution in [2.24, 2.45) is 5.41 Å². The van der Waals surface area contributed by atoms with Crippen LogP contribution in [-0.2, 0) is 4.74 Å². The molecule has 2 aliphatic rings. The maximum atomic E-state index is 15.5. The molecule has 0 spiro atoms. The number of fused-ring (bicyclic) bond motifs is 1. The fourth-order valence-corrected chi connectivity index (χ4v) is 6.42. The maximum Gasteiger partial charge on any atom is 0.407 e. The van der Waals surface area contributed by atoms with Crippen molar-refractivity contribution in [3.8, 4) is 22.3 Å². The normalized spacial score (nSPS) is 20.5. The van der Waals surface area contributed by atoms with E-state index in [-0.39, 0.29) is 35.0 Å². The second-order valence-corrected chi connectivity index (χ2v) is 13.0. The first-order valence-corrected chi connectivity index (χ1v) is 15.2. The molecule has 2 saturated heterocycles. The van der Waals surface area contributed by atoms with E-state index in [1.807, 2.05) is 17.1 Å². The summed E-state index contributed by atoms with van der Waals surface area (Å²) in [5.41, 5.74) is 3.20. The summed E-state index contributed by atoms with van der Waals surface area (Å²) in [6, 6.07) is 2.98. The minimum atomic E-state index is -0.894. The number of carboxylic acid groups (broad SMARTS) is 1. The van der Waals surface area contributed by atoms with Gasteiger partial charge in [0.25, 0.3) is 5.91 Å². The Balaban J connectivity index is 1.40. The minimum absolute atomic E-state index is 0.0324. The van der Waals surface area contributed by atoms with Gasteiger partial charge in [0.05, 0.1) is 31.1 Å². The third-order valence-electron chi connectivity index (χ3n) is 8.90. The summed E-state index contributed by atoms with van der Waals surface area (Å²) in [6.07, 6.45) is 8.40. The van der Waals surface area contributed by atoms with Gasteiger partial charge < -0.3 is 25.4 Å². The van der Waals surface area contributed by atoms with E-state index in [9.17, 15) is 14.7 Å². The van der Waals surface area contributed by atoms with Gasteiger partial charge in [-0.25, -0.2) is 18.7 Å². The van der Waals surface area contributed by atoms with Crippen molar-refractivity contribution in [2.45, 2.75) is 65.1 Å². The number of nitrogens with one attached hydrogen (secondary N) is 2. The third-order valence-corrected chi connectivity index (χ3v) is 8.90. The highest BCUT2D eigenvalue weighted by atomic mass is 19.1. The second-order valence-electron chi connectivity index (χ2n) is 13.0. The molecule has 0 bridgehead atoms. The van der Waals surface area contributed by atoms with Crippen LogP contribution in [0.3, 0.4) is 0 Å². The van der Waals surface area contributed by atoms with Crippen molar-refractivity contribution < 1.29 is 23.8 Å². The van der Waals surface area contributed by atoms with E-state index in [1.165, 1.54) is 19.2 Å². The Kier molecular flexibility index (Phi) is 7.98. The molecule has 3 atom stereocenters. The number of likely N-dealkylation sites (tertiary alicyclic amines) is 1. The molecule has 2 fully saturated rings. The van der Waals surface area contributed by atoms with Gasteiger partial charge in [-0.2, -0.15) is 10.2 Å². The number of aromatic nitrogens is 5. The van der Waals surface area contributed by atoms with Gasteiger partial charge >= 0.3 is 6.09 Å². The molecule has 1 aromatic carbocycles. The molecule has 0 aliphatic carbocycles. The van der Waals surface area contributed by atoms with Crippen molar-refractivity contribution >= 4 is 23.5 Å². The van der Waals surface area contributed by atoms with Crippen molar-refractivity contribution in [3.63, 3.8) is 0 Å². The Morgan fingerprint density at radius 1 is 1.09 bits per heavy atom. The molecule has 2 amide bonds. The van der Waals surface area contributed by atoms with Gasteiger partial charge in [-0.05, 0) is 49.3 Å². The lowest BCUT2D eigenvalue weighted by molar-refractivity contribution is 0.0408. The standard InChI is InChI=1S/C32H39FN8O4/c1-18-10-19(30(42)34-5)11-23(27(18)33)24-14-36-41-16-25(28(38-29(24)41)37-21-7-9-45-17-21)20-13-35-40(15-20)22-6-8-39(31(43)44)26(12-22)32(2,3)4/h10-11,13-16,21-22,26H,6-9,12,17H2,1-5H3,(H,34,42)(H,37,38)(H,43,44). The van der Waals surface area contributed by atoms with Gasteiger partial charge in [0.15, 0.2) is 5.65 Å². The van der Waals surface area contributed by atoms with E-state index in [0.717, 1.165) is 17.5 Å². The number of halogens is 1. The van der Waals surface area contributed by atoms with Crippen LogP contribution in [-0.4, -0.2) is 85.3 Å². The van der Waals surface area contributed by atoms with Crippen LogP contribution in [0.1, 0.15) is 62.0 Å². The van der Waals surface area contributed by atoms with E-state index < -0.39 is 11.9 Å². The smallest absolute Gasteiger partial charge is 0.407 e. The van der Waals surface area contributed by atoms with Crippen LogP contribution in [0.25, 0.3) is 27.9 Å². The zero-order valence-corrected chi connectivity index (χ0v) is 26.2. The molecule has 45 heavy (non-hydrogen) atoms. The van der Waals surface area contributed by atoms with Crippen LogP contribution < -0.4 is 10.6 Å². The predicted octanol–water partition coefficient (Wildman–Crippen LogP) is 5.00. The number of aryl methyl sites for hydroxylation is 1. The fourth-order valence-electron chi connectivity index (χ4n) is 6.42. The Morgan fingerprint density at radius 3 is 2.58 bits per heavy atom. The monoisotopic (exact) mass is 618 g/mol. The molecule has 0 radical (unpaired) electrons. The molecule has 12 nitrogen and oxygen atoms in total. The van der Waals surface area contributed by atoms with Crippen LogP contribution in [0, 0.1) is 18.2 Å². The molecule has 4 aromatic rings. The molecule has 0 saturated carbocycles. The van der Waals surface area contributed by atoms with E-state index >= 15 is 4.39 Å². The third kappa shape index (κ3) is 5.84. The summed E-state index contributed by atoms with van der Waals surface area (Å²) in [5, 5.41) is 25.2. The number of carbonyl (C=O) groups excluding carboxylic acids is 1. The van der Waals surface area contributed by atoms with Gasteiger partial charge in [-0.15, -0.1) is 0 Å². The number of benzene rings is 1. The fraction of sp³-hybridized carbons (Fsp3) is 0.469. The molecule has 3 aromatic heterocycles. The number of nitrogens with zero attached hydrogens (tertiary/aromatic N) is 6. The Bertz CT molecular complexity index is 1750. The van der Waals surface area contributed by atoms with Crippen molar-refractivity contribution in [1.29, 1.82) is 0 Å². The Labute approximate surface area is 260 Å². The molecule has 238 valence electrons. The van der Waals surface area contributed by atoms with Gasteiger partial charge in [0.1, 0.15) is 11.6 Å². The van der Waals surface area contributed by atoms with E-state index in [2.05, 4.69) is 36.5 Å².